The van der Waals surface area contributed by atoms with Crippen LogP contribution in [-0.4, -0.2) is 14.9 Å². The zero-order chi connectivity index (χ0) is 14.9. The van der Waals surface area contributed by atoms with Crippen LogP contribution in [0, 0.1) is 10.1 Å². The molecule has 2 aromatic heterocycles. The van der Waals surface area contributed by atoms with E-state index in [9.17, 15) is 10.1 Å². The molecule has 106 valence electrons. The van der Waals surface area contributed by atoms with Gasteiger partial charge in [-0.3, -0.25) is 10.1 Å². The van der Waals surface area contributed by atoms with E-state index >= 15 is 0 Å². The van der Waals surface area contributed by atoms with Gasteiger partial charge < -0.3 is 0 Å². The Bertz CT molecular complexity index is 649. The molecule has 0 saturated heterocycles. The van der Waals surface area contributed by atoms with Gasteiger partial charge in [-0.05, 0) is 6.07 Å². The first-order chi connectivity index (χ1) is 9.27. The molecule has 20 heavy (non-hydrogen) atoms. The van der Waals surface area contributed by atoms with Gasteiger partial charge in [0.25, 0.3) is 5.69 Å². The first-order valence-electron chi connectivity index (χ1n) is 6.02. The van der Waals surface area contributed by atoms with E-state index < -0.39 is 4.92 Å². The summed E-state index contributed by atoms with van der Waals surface area (Å²) in [6.45, 7) is 6.23. The number of nitro groups is 1. The number of hydrogen-bond donors (Lipinski definition) is 0. The highest BCUT2D eigenvalue weighted by Crippen LogP contribution is 2.27. The molecular weight excluding hydrogens is 298 g/mol. The third-order valence-electron chi connectivity index (χ3n) is 2.75. The molecule has 0 aliphatic rings. The second-order valence-electron chi connectivity index (χ2n) is 5.41. The fourth-order valence-corrected chi connectivity index (χ4v) is 2.83. The maximum atomic E-state index is 11.0. The van der Waals surface area contributed by atoms with Crippen LogP contribution in [0.5, 0.6) is 0 Å². The zero-order valence-electron chi connectivity index (χ0n) is 11.4. The maximum Gasteiger partial charge on any atom is 0.291 e. The van der Waals surface area contributed by atoms with Gasteiger partial charge in [-0.25, -0.2) is 9.97 Å². The molecule has 0 unspecified atom stereocenters. The number of thiazole rings is 1. The normalized spacial score (nSPS) is 11.6. The molecule has 7 heteroatoms. The fourth-order valence-electron chi connectivity index (χ4n) is 1.64. The number of aromatic nitrogens is 2. The van der Waals surface area contributed by atoms with Crippen molar-refractivity contribution >= 4 is 28.6 Å². The second kappa shape index (κ2) is 5.46. The molecule has 0 spiro atoms. The summed E-state index contributed by atoms with van der Waals surface area (Å²) < 4.78 is 0. The Morgan fingerprint density at radius 2 is 2.05 bits per heavy atom. The van der Waals surface area contributed by atoms with Crippen molar-refractivity contribution < 1.29 is 4.92 Å². The zero-order valence-corrected chi connectivity index (χ0v) is 13.0. The van der Waals surface area contributed by atoms with Gasteiger partial charge in [0.05, 0.1) is 15.6 Å². The van der Waals surface area contributed by atoms with E-state index in [2.05, 4.69) is 30.7 Å². The van der Waals surface area contributed by atoms with Crippen LogP contribution in [0.1, 0.15) is 37.2 Å². The van der Waals surface area contributed by atoms with E-state index in [1.807, 2.05) is 5.38 Å². The lowest BCUT2D eigenvalue weighted by Gasteiger charge is -2.14. The minimum Gasteiger partial charge on any atom is -0.258 e. The number of rotatable bonds is 3. The van der Waals surface area contributed by atoms with Gasteiger partial charge in [-0.15, -0.1) is 11.3 Å². The molecule has 0 amide bonds. The molecule has 0 saturated carbocycles. The molecule has 2 rings (SSSR count). The van der Waals surface area contributed by atoms with Crippen molar-refractivity contribution in [3.63, 3.8) is 0 Å². The topological polar surface area (TPSA) is 68.9 Å². The highest BCUT2D eigenvalue weighted by atomic mass is 35.5. The summed E-state index contributed by atoms with van der Waals surface area (Å²) in [5, 5.41) is 14.0. The Hall–Kier alpha value is -1.53. The maximum absolute atomic E-state index is 11.0. The molecule has 0 radical (unpaired) electrons. The lowest BCUT2D eigenvalue weighted by molar-refractivity contribution is -0.385. The highest BCUT2D eigenvalue weighted by molar-refractivity contribution is 7.09. The SMILES string of the molecule is CC(C)(C)c1csc(Cc2nc(Cl)ccc2[N+](=O)[O-])n1. The number of nitrogens with zero attached hydrogens (tertiary/aromatic N) is 3. The largest absolute Gasteiger partial charge is 0.291 e. The van der Waals surface area contributed by atoms with Crippen molar-refractivity contribution in [3.05, 3.63) is 49.2 Å². The molecule has 0 atom stereocenters. The highest BCUT2D eigenvalue weighted by Gasteiger charge is 2.20. The number of hydrogen-bond acceptors (Lipinski definition) is 5. The second-order valence-corrected chi connectivity index (χ2v) is 6.74. The van der Waals surface area contributed by atoms with Gasteiger partial charge in [0, 0.05) is 23.3 Å². The van der Waals surface area contributed by atoms with Crippen LogP contribution in [0.2, 0.25) is 5.15 Å². The third-order valence-corrected chi connectivity index (χ3v) is 3.81. The molecule has 0 aromatic carbocycles. The van der Waals surface area contributed by atoms with E-state index in [-0.39, 0.29) is 16.3 Å². The Balaban J connectivity index is 2.32. The van der Waals surface area contributed by atoms with Crippen LogP contribution in [0.4, 0.5) is 5.69 Å². The first-order valence-corrected chi connectivity index (χ1v) is 7.28. The van der Waals surface area contributed by atoms with Crippen molar-refractivity contribution in [2.75, 3.05) is 0 Å². The predicted molar refractivity (Wildman–Crippen MR) is 79.5 cm³/mol. The number of halogens is 1. The predicted octanol–water partition coefficient (Wildman–Crippen LogP) is 3.99. The van der Waals surface area contributed by atoms with Gasteiger partial charge in [0.1, 0.15) is 10.8 Å². The Morgan fingerprint density at radius 3 is 2.60 bits per heavy atom. The average Bonchev–Trinajstić information content (AvgIpc) is 2.76. The van der Waals surface area contributed by atoms with Crippen LogP contribution < -0.4 is 0 Å². The molecule has 5 nitrogen and oxygen atoms in total. The number of pyridine rings is 1. The van der Waals surface area contributed by atoms with E-state index in [1.165, 1.54) is 23.5 Å². The van der Waals surface area contributed by atoms with Gasteiger partial charge >= 0.3 is 0 Å². The van der Waals surface area contributed by atoms with E-state index in [4.69, 9.17) is 11.6 Å². The summed E-state index contributed by atoms with van der Waals surface area (Å²) in [6.07, 6.45) is 0.317. The van der Waals surface area contributed by atoms with E-state index in [0.29, 0.717) is 12.1 Å². The quantitative estimate of drug-likeness (QED) is 0.488. The molecule has 0 fully saturated rings. The van der Waals surface area contributed by atoms with Crippen LogP contribution in [-0.2, 0) is 11.8 Å². The molecule has 0 aliphatic carbocycles. The lowest BCUT2D eigenvalue weighted by atomic mass is 9.93. The molecule has 0 bridgehead atoms. The van der Waals surface area contributed by atoms with E-state index in [1.54, 1.807) is 0 Å². The van der Waals surface area contributed by atoms with Gasteiger partial charge in [-0.1, -0.05) is 32.4 Å². The van der Waals surface area contributed by atoms with Crippen LogP contribution in [0.25, 0.3) is 0 Å². The van der Waals surface area contributed by atoms with Crippen LogP contribution in [0.3, 0.4) is 0 Å². The van der Waals surface area contributed by atoms with Gasteiger partial charge in [0.15, 0.2) is 0 Å². The Kier molecular flexibility index (Phi) is 4.06. The van der Waals surface area contributed by atoms with Gasteiger partial charge in [0.2, 0.25) is 0 Å². The van der Waals surface area contributed by atoms with Crippen LogP contribution >= 0.6 is 22.9 Å². The van der Waals surface area contributed by atoms with Crippen LogP contribution in [0.15, 0.2) is 17.5 Å². The summed E-state index contributed by atoms with van der Waals surface area (Å²) in [7, 11) is 0. The minimum atomic E-state index is -0.447. The summed E-state index contributed by atoms with van der Waals surface area (Å²) in [6, 6.07) is 2.80. The van der Waals surface area contributed by atoms with Gasteiger partial charge in [-0.2, -0.15) is 0 Å². The van der Waals surface area contributed by atoms with Crippen molar-refractivity contribution in [1.29, 1.82) is 0 Å². The molecular formula is C13H14ClN3O2S. The summed E-state index contributed by atoms with van der Waals surface area (Å²) in [4.78, 5) is 19.1. The first kappa shape index (κ1) is 14.9. The lowest BCUT2D eigenvalue weighted by Crippen LogP contribution is -2.11. The average molecular weight is 312 g/mol. The van der Waals surface area contributed by atoms with Crippen molar-refractivity contribution in [1.82, 2.24) is 9.97 Å². The summed E-state index contributed by atoms with van der Waals surface area (Å²) >= 11 is 7.30. The molecule has 2 heterocycles. The Morgan fingerprint density at radius 1 is 1.35 bits per heavy atom. The van der Waals surface area contributed by atoms with Crippen molar-refractivity contribution in [2.24, 2.45) is 0 Å². The van der Waals surface area contributed by atoms with E-state index in [0.717, 1.165) is 10.7 Å². The van der Waals surface area contributed by atoms with Crippen molar-refractivity contribution in [3.8, 4) is 0 Å². The standard InChI is InChI=1S/C13H14ClN3O2S/c1-13(2,3)10-7-20-12(16-10)6-8-9(17(18)19)4-5-11(14)15-8/h4-5,7H,6H2,1-3H3. The summed E-state index contributed by atoms with van der Waals surface area (Å²) in [5.41, 5.74) is 1.25. The smallest absolute Gasteiger partial charge is 0.258 e. The molecule has 0 aliphatic heterocycles. The van der Waals surface area contributed by atoms with Crippen molar-refractivity contribution in [2.45, 2.75) is 32.6 Å². The monoisotopic (exact) mass is 311 g/mol. The third kappa shape index (κ3) is 3.32. The fraction of sp³-hybridized carbons (Fsp3) is 0.385. The summed E-state index contributed by atoms with van der Waals surface area (Å²) in [5.74, 6) is 0. The minimum absolute atomic E-state index is 0.0260. The molecule has 0 N–H and O–H groups in total. The molecule has 2 aromatic rings. The Labute approximate surface area is 125 Å².